The molecule has 4 aromatic rings. The summed E-state index contributed by atoms with van der Waals surface area (Å²) in [7, 11) is -3.63. The van der Waals surface area contributed by atoms with E-state index in [0.29, 0.717) is 54.4 Å². The third-order valence-corrected chi connectivity index (χ3v) is 7.51. The monoisotopic (exact) mass is 480 g/mol. The first-order valence-electron chi connectivity index (χ1n) is 10.7. The van der Waals surface area contributed by atoms with Crippen LogP contribution in [0.1, 0.15) is 15.9 Å². The highest BCUT2D eigenvalue weighted by molar-refractivity contribution is 7.89. The second-order valence-corrected chi connectivity index (χ2v) is 9.71. The van der Waals surface area contributed by atoms with Gasteiger partial charge in [0, 0.05) is 35.9 Å². The number of sulfonamides is 1. The molecular weight excluding hydrogens is 459 g/mol. The Morgan fingerprint density at radius 1 is 1.03 bits per heavy atom. The molecule has 5 rings (SSSR count). The molecule has 2 N–H and O–H groups in total. The molecule has 8 nitrogen and oxygen atoms in total. The molecule has 0 spiro atoms. The smallest absolute Gasteiger partial charge is 0.243 e. The highest BCUT2D eigenvalue weighted by Gasteiger charge is 2.26. The lowest BCUT2D eigenvalue weighted by atomic mass is 10.0. The van der Waals surface area contributed by atoms with Crippen molar-refractivity contribution < 1.29 is 22.3 Å². The van der Waals surface area contributed by atoms with Gasteiger partial charge < -0.3 is 15.0 Å². The van der Waals surface area contributed by atoms with Crippen LogP contribution in [0.5, 0.6) is 0 Å². The molecule has 0 atom stereocenters. The molecule has 1 fully saturated rings. The summed E-state index contributed by atoms with van der Waals surface area (Å²) >= 11 is 0. The molecule has 10 heteroatoms. The number of hydrogen-bond acceptors (Lipinski definition) is 6. The van der Waals surface area contributed by atoms with E-state index in [1.165, 1.54) is 28.7 Å². The van der Waals surface area contributed by atoms with E-state index in [4.69, 9.17) is 4.74 Å². The number of ketones is 1. The van der Waals surface area contributed by atoms with Gasteiger partial charge in [0.05, 0.1) is 23.7 Å². The van der Waals surface area contributed by atoms with Crippen LogP contribution < -0.4 is 5.32 Å². The summed E-state index contributed by atoms with van der Waals surface area (Å²) in [6.45, 7) is 1.38. The standard InChI is InChI=1S/C24H21FN4O4S/c25-21-7-2-1-6-19(21)23(30)20-15-26-24-18(20)8-9-22(28-24)27-16-4-3-5-17(14-16)34(31,32)29-10-12-33-13-11-29/h1-9,14-15H,10-13H2,(H2,26,27,28). The molecule has 0 unspecified atom stereocenters. The minimum Gasteiger partial charge on any atom is -0.379 e. The van der Waals surface area contributed by atoms with E-state index < -0.39 is 21.6 Å². The van der Waals surface area contributed by atoms with Crippen molar-refractivity contribution in [2.75, 3.05) is 31.6 Å². The van der Waals surface area contributed by atoms with Crippen molar-refractivity contribution in [1.29, 1.82) is 0 Å². The predicted molar refractivity (Wildman–Crippen MR) is 125 cm³/mol. The second-order valence-electron chi connectivity index (χ2n) is 7.77. The maximum absolute atomic E-state index is 14.1. The number of aromatic amines is 1. The zero-order valence-electron chi connectivity index (χ0n) is 18.0. The number of hydrogen-bond donors (Lipinski definition) is 2. The number of pyridine rings is 1. The Morgan fingerprint density at radius 3 is 2.62 bits per heavy atom. The van der Waals surface area contributed by atoms with E-state index >= 15 is 0 Å². The van der Waals surface area contributed by atoms with Gasteiger partial charge in [-0.05, 0) is 42.5 Å². The number of ether oxygens (including phenoxy) is 1. The summed E-state index contributed by atoms with van der Waals surface area (Å²) in [5.74, 6) is -0.562. The van der Waals surface area contributed by atoms with Gasteiger partial charge in [-0.15, -0.1) is 0 Å². The summed E-state index contributed by atoms with van der Waals surface area (Å²) in [6, 6.07) is 15.7. The van der Waals surface area contributed by atoms with Crippen LogP contribution in [0.2, 0.25) is 0 Å². The molecule has 0 saturated carbocycles. The molecule has 1 aliphatic rings. The quantitative estimate of drug-likeness (QED) is 0.408. The highest BCUT2D eigenvalue weighted by atomic mass is 32.2. The van der Waals surface area contributed by atoms with Crippen LogP contribution in [-0.4, -0.2) is 54.8 Å². The van der Waals surface area contributed by atoms with Crippen LogP contribution in [0.15, 0.2) is 71.8 Å². The van der Waals surface area contributed by atoms with Crippen LogP contribution >= 0.6 is 0 Å². The maximum atomic E-state index is 14.1. The number of carbonyl (C=O) groups is 1. The number of benzene rings is 2. The van der Waals surface area contributed by atoms with Crippen LogP contribution in [0, 0.1) is 5.82 Å². The normalized spacial score (nSPS) is 14.9. The van der Waals surface area contributed by atoms with Crippen LogP contribution in [-0.2, 0) is 14.8 Å². The Morgan fingerprint density at radius 2 is 1.82 bits per heavy atom. The number of rotatable bonds is 6. The molecule has 0 aliphatic carbocycles. The van der Waals surface area contributed by atoms with E-state index in [1.807, 2.05) is 0 Å². The summed E-state index contributed by atoms with van der Waals surface area (Å²) in [4.78, 5) is 20.4. The van der Waals surface area contributed by atoms with Crippen LogP contribution in [0.4, 0.5) is 15.9 Å². The Bertz CT molecular complexity index is 1480. The fourth-order valence-corrected chi connectivity index (χ4v) is 5.33. The average Bonchev–Trinajstić information content (AvgIpc) is 3.28. The number of halogens is 1. The number of morpholine rings is 1. The van der Waals surface area contributed by atoms with Gasteiger partial charge in [-0.25, -0.2) is 17.8 Å². The molecule has 1 saturated heterocycles. The van der Waals surface area contributed by atoms with Crippen molar-refractivity contribution >= 4 is 38.3 Å². The average molecular weight is 481 g/mol. The Labute approximate surface area is 195 Å². The van der Waals surface area contributed by atoms with Gasteiger partial charge in [0.15, 0.2) is 5.78 Å². The number of nitrogens with zero attached hydrogens (tertiary/aromatic N) is 2. The SMILES string of the molecule is O=C(c1ccccc1F)c1c[nH]c2nc(Nc3cccc(S(=O)(=O)N4CCOCC4)c3)ccc12. The lowest BCUT2D eigenvalue weighted by Gasteiger charge is -2.26. The van der Waals surface area contributed by atoms with Crippen LogP contribution in [0.3, 0.4) is 0 Å². The number of anilines is 2. The number of carbonyl (C=O) groups excluding carboxylic acids is 1. The number of aromatic nitrogens is 2. The Hall–Kier alpha value is -3.60. The van der Waals surface area contributed by atoms with Crippen LogP contribution in [0.25, 0.3) is 11.0 Å². The van der Waals surface area contributed by atoms with Gasteiger partial charge in [-0.3, -0.25) is 4.79 Å². The maximum Gasteiger partial charge on any atom is 0.243 e. The molecule has 0 bridgehead atoms. The summed E-state index contributed by atoms with van der Waals surface area (Å²) in [5.41, 5.74) is 1.30. The van der Waals surface area contributed by atoms with Crippen molar-refractivity contribution in [1.82, 2.24) is 14.3 Å². The molecule has 2 aromatic carbocycles. The molecule has 0 amide bonds. The molecule has 2 aromatic heterocycles. The van der Waals surface area contributed by atoms with Crippen molar-refractivity contribution in [2.24, 2.45) is 0 Å². The lowest BCUT2D eigenvalue weighted by Crippen LogP contribution is -2.40. The fraction of sp³-hybridized carbons (Fsp3) is 0.167. The van der Waals surface area contributed by atoms with E-state index in [2.05, 4.69) is 15.3 Å². The van der Waals surface area contributed by atoms with Gasteiger partial charge >= 0.3 is 0 Å². The minimum absolute atomic E-state index is 0.0103. The molecular formula is C24H21FN4O4S. The van der Waals surface area contributed by atoms with E-state index in [-0.39, 0.29) is 10.5 Å². The zero-order chi connectivity index (χ0) is 23.7. The second kappa shape index (κ2) is 8.98. The first kappa shape index (κ1) is 22.2. The predicted octanol–water partition coefficient (Wildman–Crippen LogP) is 3.70. The van der Waals surface area contributed by atoms with Crippen molar-refractivity contribution in [2.45, 2.75) is 4.90 Å². The van der Waals surface area contributed by atoms with Crippen molar-refractivity contribution in [3.63, 3.8) is 0 Å². The molecule has 0 radical (unpaired) electrons. The van der Waals surface area contributed by atoms with Gasteiger partial charge in [-0.1, -0.05) is 18.2 Å². The molecule has 1 aliphatic heterocycles. The van der Waals surface area contributed by atoms with Gasteiger partial charge in [0.1, 0.15) is 17.3 Å². The lowest BCUT2D eigenvalue weighted by molar-refractivity contribution is 0.0730. The van der Waals surface area contributed by atoms with Crippen molar-refractivity contribution in [3.8, 4) is 0 Å². The molecule has 3 heterocycles. The van der Waals surface area contributed by atoms with Crippen molar-refractivity contribution in [3.05, 3.63) is 83.8 Å². The van der Waals surface area contributed by atoms with Gasteiger partial charge in [0.2, 0.25) is 10.0 Å². The number of H-pyrrole nitrogens is 1. The van der Waals surface area contributed by atoms with E-state index in [0.717, 1.165) is 0 Å². The highest BCUT2D eigenvalue weighted by Crippen LogP contribution is 2.26. The first-order chi connectivity index (χ1) is 16.4. The van der Waals surface area contributed by atoms with E-state index in [9.17, 15) is 17.6 Å². The Balaban J connectivity index is 1.40. The third-order valence-electron chi connectivity index (χ3n) is 5.62. The topological polar surface area (TPSA) is 104 Å². The third kappa shape index (κ3) is 4.18. The zero-order valence-corrected chi connectivity index (χ0v) is 18.8. The summed E-state index contributed by atoms with van der Waals surface area (Å²) in [5, 5.41) is 3.66. The fourth-order valence-electron chi connectivity index (χ4n) is 3.87. The molecule has 174 valence electrons. The van der Waals surface area contributed by atoms with E-state index in [1.54, 1.807) is 42.5 Å². The van der Waals surface area contributed by atoms with Gasteiger partial charge in [-0.2, -0.15) is 4.31 Å². The minimum atomic E-state index is -3.63. The largest absolute Gasteiger partial charge is 0.379 e. The number of fused-ring (bicyclic) bond motifs is 1. The first-order valence-corrected chi connectivity index (χ1v) is 12.1. The Kier molecular flexibility index (Phi) is 5.86. The van der Waals surface area contributed by atoms with Gasteiger partial charge in [0.25, 0.3) is 0 Å². The molecule has 34 heavy (non-hydrogen) atoms. The number of nitrogens with one attached hydrogen (secondary N) is 2. The summed E-state index contributed by atoms with van der Waals surface area (Å²) in [6.07, 6.45) is 1.51. The summed E-state index contributed by atoms with van der Waals surface area (Å²) < 4.78 is 46.6.